The number of hydrogen-bond donors (Lipinski definition) is 0. The van der Waals surface area contributed by atoms with E-state index in [0.29, 0.717) is 11.8 Å². The van der Waals surface area contributed by atoms with Gasteiger partial charge in [-0.3, -0.25) is 0 Å². The molecule has 0 aliphatic carbocycles. The molecule has 94 valence electrons. The van der Waals surface area contributed by atoms with E-state index in [0.717, 1.165) is 26.2 Å². The van der Waals surface area contributed by atoms with Crippen molar-refractivity contribution in [2.24, 2.45) is 5.92 Å². The zero-order valence-corrected chi connectivity index (χ0v) is 10.5. The molecular formula is C14H20FNO. The Morgan fingerprint density at radius 1 is 1.24 bits per heavy atom. The zero-order chi connectivity index (χ0) is 12.3. The molecule has 0 aromatic heterocycles. The molecule has 1 heterocycles. The SMILES string of the molecule is CN(C)CC1COCC(c2ccc(F)cc2)C1. The summed E-state index contributed by atoms with van der Waals surface area (Å²) in [7, 11) is 4.17. The summed E-state index contributed by atoms with van der Waals surface area (Å²) >= 11 is 0. The molecule has 0 amide bonds. The molecule has 0 N–H and O–H groups in total. The summed E-state index contributed by atoms with van der Waals surface area (Å²) in [5.41, 5.74) is 1.19. The van der Waals surface area contributed by atoms with Crippen LogP contribution in [0.4, 0.5) is 4.39 Å². The van der Waals surface area contributed by atoms with Gasteiger partial charge in [-0.15, -0.1) is 0 Å². The molecule has 2 nitrogen and oxygen atoms in total. The van der Waals surface area contributed by atoms with Gasteiger partial charge in [0.2, 0.25) is 0 Å². The van der Waals surface area contributed by atoms with Crippen molar-refractivity contribution in [3.8, 4) is 0 Å². The average molecular weight is 237 g/mol. The number of hydrogen-bond acceptors (Lipinski definition) is 2. The summed E-state index contributed by atoms with van der Waals surface area (Å²) in [6, 6.07) is 6.82. The monoisotopic (exact) mass is 237 g/mol. The van der Waals surface area contributed by atoms with Crippen LogP contribution in [0.2, 0.25) is 0 Å². The Kier molecular flexibility index (Phi) is 4.13. The van der Waals surface area contributed by atoms with E-state index < -0.39 is 0 Å². The highest BCUT2D eigenvalue weighted by atomic mass is 19.1. The fourth-order valence-electron chi connectivity index (χ4n) is 2.53. The molecule has 0 bridgehead atoms. The van der Waals surface area contributed by atoms with Crippen molar-refractivity contribution in [3.63, 3.8) is 0 Å². The first kappa shape index (κ1) is 12.5. The molecule has 0 radical (unpaired) electrons. The first-order valence-electron chi connectivity index (χ1n) is 6.13. The van der Waals surface area contributed by atoms with Gasteiger partial charge in [-0.05, 0) is 44.1 Å². The van der Waals surface area contributed by atoms with Gasteiger partial charge in [0.05, 0.1) is 13.2 Å². The van der Waals surface area contributed by atoms with Gasteiger partial charge in [0.1, 0.15) is 5.82 Å². The third-order valence-electron chi connectivity index (χ3n) is 3.26. The third-order valence-corrected chi connectivity index (χ3v) is 3.26. The second-order valence-corrected chi connectivity index (χ2v) is 5.15. The second kappa shape index (κ2) is 5.61. The highest BCUT2D eigenvalue weighted by Gasteiger charge is 2.24. The lowest BCUT2D eigenvalue weighted by atomic mass is 9.87. The molecule has 0 spiro atoms. The lowest BCUT2D eigenvalue weighted by molar-refractivity contribution is 0.0301. The van der Waals surface area contributed by atoms with Crippen LogP contribution in [0.1, 0.15) is 17.9 Å². The van der Waals surface area contributed by atoms with E-state index in [1.165, 1.54) is 17.7 Å². The van der Waals surface area contributed by atoms with Crippen molar-refractivity contribution in [2.45, 2.75) is 12.3 Å². The maximum Gasteiger partial charge on any atom is 0.123 e. The van der Waals surface area contributed by atoms with Crippen LogP contribution in [0.15, 0.2) is 24.3 Å². The van der Waals surface area contributed by atoms with E-state index in [1.54, 1.807) is 0 Å². The first-order chi connectivity index (χ1) is 8.15. The van der Waals surface area contributed by atoms with E-state index in [4.69, 9.17) is 4.74 Å². The predicted molar refractivity (Wildman–Crippen MR) is 66.6 cm³/mol. The number of benzene rings is 1. The molecule has 1 fully saturated rings. The minimum absolute atomic E-state index is 0.171. The van der Waals surface area contributed by atoms with Crippen molar-refractivity contribution in [2.75, 3.05) is 33.9 Å². The topological polar surface area (TPSA) is 12.5 Å². The summed E-state index contributed by atoms with van der Waals surface area (Å²) in [5.74, 6) is 0.818. The summed E-state index contributed by atoms with van der Waals surface area (Å²) in [5, 5.41) is 0. The molecule has 1 aliphatic heterocycles. The van der Waals surface area contributed by atoms with Crippen molar-refractivity contribution in [3.05, 3.63) is 35.6 Å². The normalized spacial score (nSPS) is 25.2. The molecule has 2 atom stereocenters. The highest BCUT2D eigenvalue weighted by molar-refractivity contribution is 5.21. The van der Waals surface area contributed by atoms with E-state index in [-0.39, 0.29) is 5.82 Å². The summed E-state index contributed by atoms with van der Waals surface area (Å²) in [6.07, 6.45) is 1.13. The van der Waals surface area contributed by atoms with Gasteiger partial charge in [-0.1, -0.05) is 12.1 Å². The van der Waals surface area contributed by atoms with Crippen LogP contribution in [0.5, 0.6) is 0 Å². The zero-order valence-electron chi connectivity index (χ0n) is 10.5. The largest absolute Gasteiger partial charge is 0.380 e. The van der Waals surface area contributed by atoms with E-state index in [1.807, 2.05) is 12.1 Å². The van der Waals surface area contributed by atoms with Gasteiger partial charge < -0.3 is 9.64 Å². The van der Waals surface area contributed by atoms with Crippen molar-refractivity contribution in [1.29, 1.82) is 0 Å². The van der Waals surface area contributed by atoms with Gasteiger partial charge in [0, 0.05) is 12.5 Å². The lowest BCUT2D eigenvalue weighted by Gasteiger charge is -2.31. The van der Waals surface area contributed by atoms with Crippen molar-refractivity contribution < 1.29 is 9.13 Å². The van der Waals surface area contributed by atoms with E-state index >= 15 is 0 Å². The first-order valence-corrected chi connectivity index (χ1v) is 6.13. The van der Waals surface area contributed by atoms with Gasteiger partial charge in [0.25, 0.3) is 0 Å². The van der Waals surface area contributed by atoms with Gasteiger partial charge >= 0.3 is 0 Å². The number of ether oxygens (including phenoxy) is 1. The van der Waals surface area contributed by atoms with Gasteiger partial charge in [0.15, 0.2) is 0 Å². The standard InChI is InChI=1S/C14H20FNO/c1-16(2)8-11-7-13(10-17-9-11)12-3-5-14(15)6-4-12/h3-6,11,13H,7-10H2,1-2H3. The van der Waals surface area contributed by atoms with Gasteiger partial charge in [-0.25, -0.2) is 4.39 Å². The summed E-state index contributed by atoms with van der Waals surface area (Å²) in [4.78, 5) is 2.20. The van der Waals surface area contributed by atoms with E-state index in [9.17, 15) is 4.39 Å². The van der Waals surface area contributed by atoms with Crippen molar-refractivity contribution in [1.82, 2.24) is 4.90 Å². The van der Waals surface area contributed by atoms with Crippen molar-refractivity contribution >= 4 is 0 Å². The van der Waals surface area contributed by atoms with Crippen LogP contribution in [0.25, 0.3) is 0 Å². The van der Waals surface area contributed by atoms with Gasteiger partial charge in [-0.2, -0.15) is 0 Å². The minimum Gasteiger partial charge on any atom is -0.380 e. The Balaban J connectivity index is 1.99. The average Bonchev–Trinajstić information content (AvgIpc) is 2.29. The lowest BCUT2D eigenvalue weighted by Crippen LogP contribution is -2.31. The van der Waals surface area contributed by atoms with E-state index in [2.05, 4.69) is 19.0 Å². The van der Waals surface area contributed by atoms with Crippen LogP contribution in [0.3, 0.4) is 0 Å². The molecule has 1 aromatic carbocycles. The quantitative estimate of drug-likeness (QED) is 0.801. The van der Waals surface area contributed by atoms with Crippen LogP contribution < -0.4 is 0 Å². The molecule has 1 aliphatic rings. The van der Waals surface area contributed by atoms with Crippen LogP contribution in [0, 0.1) is 11.7 Å². The second-order valence-electron chi connectivity index (χ2n) is 5.15. The maximum absolute atomic E-state index is 12.9. The molecule has 2 rings (SSSR count). The fraction of sp³-hybridized carbons (Fsp3) is 0.571. The molecule has 3 heteroatoms. The third kappa shape index (κ3) is 3.51. The summed E-state index contributed by atoms with van der Waals surface area (Å²) < 4.78 is 18.5. The van der Waals surface area contributed by atoms with Crippen LogP contribution in [-0.4, -0.2) is 38.8 Å². The Morgan fingerprint density at radius 3 is 2.59 bits per heavy atom. The Hall–Kier alpha value is -0.930. The maximum atomic E-state index is 12.9. The van der Waals surface area contributed by atoms with Crippen LogP contribution >= 0.6 is 0 Å². The smallest absolute Gasteiger partial charge is 0.123 e. The molecular weight excluding hydrogens is 217 g/mol. The Bertz CT molecular complexity index is 350. The Morgan fingerprint density at radius 2 is 1.94 bits per heavy atom. The number of rotatable bonds is 3. The Labute approximate surface area is 102 Å². The highest BCUT2D eigenvalue weighted by Crippen LogP contribution is 2.29. The predicted octanol–water partition coefficient (Wildman–Crippen LogP) is 2.51. The molecule has 0 saturated carbocycles. The molecule has 17 heavy (non-hydrogen) atoms. The molecule has 1 aromatic rings. The molecule has 1 saturated heterocycles. The number of halogens is 1. The minimum atomic E-state index is -0.171. The number of nitrogens with zero attached hydrogens (tertiary/aromatic N) is 1. The summed E-state index contributed by atoms with van der Waals surface area (Å²) in [6.45, 7) is 2.66. The molecule has 2 unspecified atom stereocenters. The fourth-order valence-corrected chi connectivity index (χ4v) is 2.53. The van der Waals surface area contributed by atoms with Crippen LogP contribution in [-0.2, 0) is 4.74 Å².